The predicted molar refractivity (Wildman–Crippen MR) is 92.0 cm³/mol. The van der Waals surface area contributed by atoms with Gasteiger partial charge >= 0.3 is 0 Å². The van der Waals surface area contributed by atoms with Crippen molar-refractivity contribution in [3.05, 3.63) is 53.1 Å². The first-order valence-electron chi connectivity index (χ1n) is 7.68. The maximum atomic E-state index is 6.18. The maximum absolute atomic E-state index is 6.18. The molecule has 5 heteroatoms. The highest BCUT2D eigenvalue weighted by Crippen LogP contribution is 2.39. The fourth-order valence-electron chi connectivity index (χ4n) is 3.19. The Morgan fingerprint density at radius 3 is 2.64 bits per heavy atom. The Hall–Kier alpha value is -1.75. The maximum Gasteiger partial charge on any atom is 0.108 e. The van der Waals surface area contributed by atoms with E-state index in [0.717, 1.165) is 48.3 Å². The molecule has 114 valence electrons. The van der Waals surface area contributed by atoms with Gasteiger partial charge in [-0.05, 0) is 24.3 Å². The number of nitrogens with one attached hydrogen (secondary N) is 3. The zero-order chi connectivity index (χ0) is 14.9. The summed E-state index contributed by atoms with van der Waals surface area (Å²) < 4.78 is 0. The summed E-state index contributed by atoms with van der Waals surface area (Å²) >= 11 is 6.18. The van der Waals surface area contributed by atoms with Crippen LogP contribution in [-0.2, 0) is 0 Å². The Morgan fingerprint density at radius 1 is 0.955 bits per heavy atom. The number of anilines is 3. The number of para-hydroxylation sites is 1. The fraction of sp³-hybridized carbons (Fsp3) is 0.294. The number of rotatable bonds is 1. The van der Waals surface area contributed by atoms with E-state index in [-0.39, 0.29) is 6.17 Å². The molecule has 1 unspecified atom stereocenters. The molecule has 2 aromatic rings. The number of piperazine rings is 1. The molecule has 1 atom stereocenters. The minimum absolute atomic E-state index is 0.158. The molecule has 1 saturated heterocycles. The number of hydrogen-bond donors (Lipinski definition) is 3. The second kappa shape index (κ2) is 5.80. The van der Waals surface area contributed by atoms with E-state index in [1.807, 2.05) is 18.2 Å². The Kier molecular flexibility index (Phi) is 3.66. The summed E-state index contributed by atoms with van der Waals surface area (Å²) in [7, 11) is 0. The zero-order valence-corrected chi connectivity index (χ0v) is 13.0. The summed E-state index contributed by atoms with van der Waals surface area (Å²) in [6.07, 6.45) is 0.158. The molecular weight excluding hydrogens is 296 g/mol. The van der Waals surface area contributed by atoms with Crippen LogP contribution in [0.5, 0.6) is 0 Å². The molecule has 0 bridgehead atoms. The van der Waals surface area contributed by atoms with Crippen molar-refractivity contribution in [2.75, 3.05) is 36.8 Å². The molecule has 4 nitrogen and oxygen atoms in total. The van der Waals surface area contributed by atoms with Crippen molar-refractivity contribution in [2.24, 2.45) is 0 Å². The normalized spacial score (nSPS) is 21.0. The summed E-state index contributed by atoms with van der Waals surface area (Å²) in [5.41, 5.74) is 4.54. The van der Waals surface area contributed by atoms with Gasteiger partial charge in [0.25, 0.3) is 0 Å². The Bertz CT molecular complexity index is 682. The largest absolute Gasteiger partial charge is 0.364 e. The SMILES string of the molecule is Clc1ccc2c(c1)NC(N1CCNCC1)c1ccccc1N2. The molecule has 3 N–H and O–H groups in total. The van der Waals surface area contributed by atoms with Crippen molar-refractivity contribution in [3.63, 3.8) is 0 Å². The molecule has 0 saturated carbocycles. The summed E-state index contributed by atoms with van der Waals surface area (Å²) in [6.45, 7) is 4.11. The van der Waals surface area contributed by atoms with Crippen molar-refractivity contribution in [3.8, 4) is 0 Å². The smallest absolute Gasteiger partial charge is 0.108 e. The van der Waals surface area contributed by atoms with E-state index in [0.29, 0.717) is 0 Å². The van der Waals surface area contributed by atoms with Crippen molar-refractivity contribution in [2.45, 2.75) is 6.17 Å². The molecule has 22 heavy (non-hydrogen) atoms. The van der Waals surface area contributed by atoms with Gasteiger partial charge in [-0.3, -0.25) is 4.90 Å². The van der Waals surface area contributed by atoms with E-state index in [1.165, 1.54) is 5.56 Å². The topological polar surface area (TPSA) is 39.3 Å². The van der Waals surface area contributed by atoms with Crippen LogP contribution in [0.4, 0.5) is 17.1 Å². The van der Waals surface area contributed by atoms with Crippen LogP contribution in [0.15, 0.2) is 42.5 Å². The van der Waals surface area contributed by atoms with Gasteiger partial charge in [0.1, 0.15) is 6.17 Å². The van der Waals surface area contributed by atoms with Crippen molar-refractivity contribution >= 4 is 28.7 Å². The lowest BCUT2D eigenvalue weighted by Crippen LogP contribution is -2.47. The fourth-order valence-corrected chi connectivity index (χ4v) is 3.36. The molecule has 0 aliphatic carbocycles. The van der Waals surface area contributed by atoms with Crippen molar-refractivity contribution in [1.82, 2.24) is 10.2 Å². The lowest BCUT2D eigenvalue weighted by atomic mass is 10.1. The Labute approximate surface area is 135 Å². The third-order valence-corrected chi connectivity index (χ3v) is 4.55. The van der Waals surface area contributed by atoms with Crippen molar-refractivity contribution in [1.29, 1.82) is 0 Å². The van der Waals surface area contributed by atoms with Crippen LogP contribution in [0.25, 0.3) is 0 Å². The van der Waals surface area contributed by atoms with E-state index in [2.05, 4.69) is 45.1 Å². The average Bonchev–Trinajstić information content (AvgIpc) is 2.72. The number of hydrogen-bond acceptors (Lipinski definition) is 4. The lowest BCUT2D eigenvalue weighted by molar-refractivity contribution is 0.192. The van der Waals surface area contributed by atoms with Gasteiger partial charge < -0.3 is 16.0 Å². The molecule has 0 spiro atoms. The van der Waals surface area contributed by atoms with Gasteiger partial charge in [-0.25, -0.2) is 0 Å². The monoisotopic (exact) mass is 314 g/mol. The summed E-state index contributed by atoms with van der Waals surface area (Å²) in [5.74, 6) is 0. The second-order valence-corrected chi connectivity index (χ2v) is 6.17. The molecule has 2 aliphatic rings. The van der Waals surface area contributed by atoms with Crippen LogP contribution >= 0.6 is 11.6 Å². The second-order valence-electron chi connectivity index (χ2n) is 5.73. The highest BCUT2D eigenvalue weighted by atomic mass is 35.5. The minimum Gasteiger partial charge on any atom is -0.364 e. The molecule has 2 heterocycles. The number of benzene rings is 2. The van der Waals surface area contributed by atoms with E-state index in [9.17, 15) is 0 Å². The van der Waals surface area contributed by atoms with Crippen molar-refractivity contribution < 1.29 is 0 Å². The van der Waals surface area contributed by atoms with Crippen LogP contribution in [0.1, 0.15) is 11.7 Å². The highest BCUT2D eigenvalue weighted by Gasteiger charge is 2.27. The molecule has 0 amide bonds. The molecule has 1 fully saturated rings. The van der Waals surface area contributed by atoms with Crippen LogP contribution in [0.2, 0.25) is 5.02 Å². The van der Waals surface area contributed by atoms with Gasteiger partial charge in [0, 0.05) is 42.5 Å². The molecule has 0 aromatic heterocycles. The Balaban J connectivity index is 1.78. The van der Waals surface area contributed by atoms with Gasteiger partial charge in [0.05, 0.1) is 11.4 Å². The molecule has 0 radical (unpaired) electrons. The van der Waals surface area contributed by atoms with E-state index < -0.39 is 0 Å². The van der Waals surface area contributed by atoms with Gasteiger partial charge in [-0.2, -0.15) is 0 Å². The van der Waals surface area contributed by atoms with Crippen LogP contribution in [-0.4, -0.2) is 31.1 Å². The average molecular weight is 315 g/mol. The van der Waals surface area contributed by atoms with Gasteiger partial charge in [0.15, 0.2) is 0 Å². The third kappa shape index (κ3) is 2.54. The predicted octanol–water partition coefficient (Wildman–Crippen LogP) is 3.41. The molecule has 4 rings (SSSR count). The number of halogens is 1. The van der Waals surface area contributed by atoms with Gasteiger partial charge in [-0.15, -0.1) is 0 Å². The zero-order valence-electron chi connectivity index (χ0n) is 12.3. The van der Waals surface area contributed by atoms with E-state index in [1.54, 1.807) is 0 Å². The first-order valence-corrected chi connectivity index (χ1v) is 8.06. The quantitative estimate of drug-likeness (QED) is 0.754. The first kappa shape index (κ1) is 13.9. The Morgan fingerprint density at radius 2 is 1.77 bits per heavy atom. The van der Waals surface area contributed by atoms with Crippen LogP contribution in [0, 0.1) is 0 Å². The third-order valence-electron chi connectivity index (χ3n) is 4.32. The lowest BCUT2D eigenvalue weighted by Gasteiger charge is -2.35. The van der Waals surface area contributed by atoms with Gasteiger partial charge in [-0.1, -0.05) is 29.8 Å². The van der Waals surface area contributed by atoms with Crippen LogP contribution in [0.3, 0.4) is 0 Å². The van der Waals surface area contributed by atoms with Crippen LogP contribution < -0.4 is 16.0 Å². The molecular formula is C17H19ClN4. The van der Waals surface area contributed by atoms with E-state index >= 15 is 0 Å². The summed E-state index contributed by atoms with van der Waals surface area (Å²) in [6, 6.07) is 14.4. The number of fused-ring (bicyclic) bond motifs is 2. The number of nitrogens with zero attached hydrogens (tertiary/aromatic N) is 1. The van der Waals surface area contributed by atoms with E-state index in [4.69, 9.17) is 11.6 Å². The first-order chi connectivity index (χ1) is 10.8. The van der Waals surface area contributed by atoms with Gasteiger partial charge in [0.2, 0.25) is 0 Å². The summed E-state index contributed by atoms with van der Waals surface area (Å²) in [4.78, 5) is 2.48. The standard InChI is InChI=1S/C17H19ClN4/c18-12-5-6-15-16(11-12)21-17(22-9-7-19-8-10-22)13-3-1-2-4-14(13)20-15/h1-6,11,17,19-21H,7-10H2. The molecule has 2 aliphatic heterocycles. The molecule has 2 aromatic carbocycles. The highest BCUT2D eigenvalue weighted by molar-refractivity contribution is 6.31. The summed E-state index contributed by atoms with van der Waals surface area (Å²) in [5, 5.41) is 11.4. The minimum atomic E-state index is 0.158.